The molecule has 0 bridgehead atoms. The van der Waals surface area contributed by atoms with Gasteiger partial charge in [0.05, 0.1) is 6.61 Å². The summed E-state index contributed by atoms with van der Waals surface area (Å²) >= 11 is 0. The molecule has 1 aliphatic heterocycles. The maximum Gasteiger partial charge on any atom is 0.120 e. The third kappa shape index (κ3) is 3.30. The highest BCUT2D eigenvalue weighted by molar-refractivity contribution is 5.22. The molecule has 0 aliphatic carbocycles. The number of rotatable bonds is 2. The van der Waals surface area contributed by atoms with Crippen molar-refractivity contribution < 1.29 is 4.74 Å². The molecule has 2 nitrogen and oxygen atoms in total. The van der Waals surface area contributed by atoms with Gasteiger partial charge in [0.1, 0.15) is 5.72 Å². The molecule has 94 valence electrons. The van der Waals surface area contributed by atoms with Crippen molar-refractivity contribution in [2.24, 2.45) is 5.41 Å². The predicted octanol–water partition coefficient (Wildman–Crippen LogP) is 2.90. The van der Waals surface area contributed by atoms with Crippen LogP contribution in [0.25, 0.3) is 0 Å². The average molecular weight is 233 g/mol. The van der Waals surface area contributed by atoms with Gasteiger partial charge in [0, 0.05) is 18.4 Å². The van der Waals surface area contributed by atoms with Gasteiger partial charge < -0.3 is 4.74 Å². The smallest absolute Gasteiger partial charge is 0.120 e. The van der Waals surface area contributed by atoms with Crippen LogP contribution in [0.4, 0.5) is 0 Å². The van der Waals surface area contributed by atoms with E-state index in [2.05, 4.69) is 57.3 Å². The molecule has 0 amide bonds. The molecule has 2 rings (SSSR count). The molecule has 1 heterocycles. The Morgan fingerprint density at radius 2 is 1.82 bits per heavy atom. The Hall–Kier alpha value is -0.860. The number of ether oxygens (including phenoxy) is 1. The summed E-state index contributed by atoms with van der Waals surface area (Å²) in [6.07, 6.45) is 0.920. The fourth-order valence-corrected chi connectivity index (χ4v) is 2.09. The second-order valence-electron chi connectivity index (χ2n) is 6.20. The van der Waals surface area contributed by atoms with Crippen molar-refractivity contribution in [3.05, 3.63) is 35.4 Å². The summed E-state index contributed by atoms with van der Waals surface area (Å²) in [5, 5.41) is 3.53. The monoisotopic (exact) mass is 233 g/mol. The van der Waals surface area contributed by atoms with E-state index in [1.54, 1.807) is 0 Å². The van der Waals surface area contributed by atoms with Gasteiger partial charge >= 0.3 is 0 Å². The molecule has 1 aliphatic rings. The van der Waals surface area contributed by atoms with Crippen molar-refractivity contribution in [3.63, 3.8) is 0 Å². The summed E-state index contributed by atoms with van der Waals surface area (Å²) in [6, 6.07) is 8.69. The zero-order valence-electron chi connectivity index (χ0n) is 11.3. The van der Waals surface area contributed by atoms with Gasteiger partial charge in [0.15, 0.2) is 0 Å². The van der Waals surface area contributed by atoms with E-state index in [4.69, 9.17) is 4.74 Å². The van der Waals surface area contributed by atoms with Gasteiger partial charge in [-0.1, -0.05) is 43.7 Å². The second-order valence-corrected chi connectivity index (χ2v) is 6.20. The number of benzene rings is 1. The second kappa shape index (κ2) is 4.43. The van der Waals surface area contributed by atoms with E-state index >= 15 is 0 Å². The van der Waals surface area contributed by atoms with Gasteiger partial charge in [0.25, 0.3) is 0 Å². The van der Waals surface area contributed by atoms with Gasteiger partial charge in [-0.15, -0.1) is 0 Å². The predicted molar refractivity (Wildman–Crippen MR) is 71.0 cm³/mol. The minimum Gasteiger partial charge on any atom is -0.360 e. The number of hydrogen-bond acceptors (Lipinski definition) is 2. The molecule has 1 atom stereocenters. The molecule has 0 saturated carbocycles. The molecule has 17 heavy (non-hydrogen) atoms. The lowest BCUT2D eigenvalue weighted by Gasteiger charge is -2.42. The third-order valence-electron chi connectivity index (χ3n) is 3.38. The van der Waals surface area contributed by atoms with Crippen LogP contribution in [0, 0.1) is 12.3 Å². The lowest BCUT2D eigenvalue weighted by molar-refractivity contribution is -0.125. The largest absolute Gasteiger partial charge is 0.360 e. The molecule has 0 radical (unpaired) electrons. The van der Waals surface area contributed by atoms with Gasteiger partial charge in [-0.3, -0.25) is 5.32 Å². The molecule has 0 spiro atoms. The quantitative estimate of drug-likeness (QED) is 0.848. The summed E-state index contributed by atoms with van der Waals surface area (Å²) in [6.45, 7) is 10.5. The highest BCUT2D eigenvalue weighted by Gasteiger charge is 2.35. The Morgan fingerprint density at radius 1 is 1.18 bits per heavy atom. The Kier molecular flexibility index (Phi) is 3.28. The van der Waals surface area contributed by atoms with Crippen molar-refractivity contribution in [2.45, 2.75) is 39.8 Å². The lowest BCUT2D eigenvalue weighted by atomic mass is 9.90. The Morgan fingerprint density at radius 3 is 2.35 bits per heavy atom. The fraction of sp³-hybridized carbons (Fsp3) is 0.600. The Balaban J connectivity index is 2.01. The van der Waals surface area contributed by atoms with Crippen LogP contribution in [0.3, 0.4) is 0 Å². The molecule has 1 saturated heterocycles. The van der Waals surface area contributed by atoms with E-state index in [-0.39, 0.29) is 11.1 Å². The van der Waals surface area contributed by atoms with Crippen LogP contribution in [-0.2, 0) is 11.2 Å². The molecule has 1 fully saturated rings. The van der Waals surface area contributed by atoms with Gasteiger partial charge in [-0.2, -0.15) is 0 Å². The highest BCUT2D eigenvalue weighted by Crippen LogP contribution is 2.26. The summed E-state index contributed by atoms with van der Waals surface area (Å²) in [4.78, 5) is 0. The van der Waals surface area contributed by atoms with Crippen LogP contribution in [-0.4, -0.2) is 18.9 Å². The van der Waals surface area contributed by atoms with Crippen molar-refractivity contribution in [1.82, 2.24) is 5.32 Å². The van der Waals surface area contributed by atoms with Crippen LogP contribution in [0.5, 0.6) is 0 Å². The van der Waals surface area contributed by atoms with Crippen molar-refractivity contribution in [2.75, 3.05) is 13.2 Å². The minimum atomic E-state index is -0.217. The van der Waals surface area contributed by atoms with Gasteiger partial charge in [-0.25, -0.2) is 0 Å². The van der Waals surface area contributed by atoms with Crippen LogP contribution in [0.2, 0.25) is 0 Å². The maximum absolute atomic E-state index is 6.00. The van der Waals surface area contributed by atoms with Crippen molar-refractivity contribution >= 4 is 0 Å². The first-order valence-electron chi connectivity index (χ1n) is 6.33. The Bertz CT molecular complexity index is 370. The first-order valence-corrected chi connectivity index (χ1v) is 6.33. The third-order valence-corrected chi connectivity index (χ3v) is 3.38. The highest BCUT2D eigenvalue weighted by atomic mass is 16.5. The molecular weight excluding hydrogens is 210 g/mol. The van der Waals surface area contributed by atoms with Crippen LogP contribution in [0.1, 0.15) is 31.9 Å². The number of nitrogens with one attached hydrogen (secondary N) is 1. The van der Waals surface area contributed by atoms with Gasteiger partial charge in [0.2, 0.25) is 0 Å². The summed E-state index contributed by atoms with van der Waals surface area (Å²) < 4.78 is 6.00. The first kappa shape index (κ1) is 12.6. The SMILES string of the molecule is Cc1ccc(CC2(C)NCC(C)(C)CO2)cc1. The molecule has 1 aromatic carbocycles. The molecule has 2 heteroatoms. The zero-order valence-corrected chi connectivity index (χ0v) is 11.3. The number of aryl methyl sites for hydroxylation is 1. The minimum absolute atomic E-state index is 0.217. The lowest BCUT2D eigenvalue weighted by Crippen LogP contribution is -2.56. The summed E-state index contributed by atoms with van der Waals surface area (Å²) in [7, 11) is 0. The maximum atomic E-state index is 6.00. The van der Waals surface area contributed by atoms with Crippen molar-refractivity contribution in [3.8, 4) is 0 Å². The molecule has 0 aromatic heterocycles. The van der Waals surface area contributed by atoms with E-state index in [1.165, 1.54) is 11.1 Å². The average Bonchev–Trinajstić information content (AvgIpc) is 2.27. The Labute approximate surface area is 104 Å². The first-order chi connectivity index (χ1) is 7.89. The van der Waals surface area contributed by atoms with E-state index in [1.807, 2.05) is 0 Å². The molecule has 1 aromatic rings. The van der Waals surface area contributed by atoms with Crippen LogP contribution < -0.4 is 5.32 Å². The topological polar surface area (TPSA) is 21.3 Å². The van der Waals surface area contributed by atoms with E-state index < -0.39 is 0 Å². The van der Waals surface area contributed by atoms with Crippen LogP contribution in [0.15, 0.2) is 24.3 Å². The molecule has 1 unspecified atom stereocenters. The normalized spacial score (nSPS) is 28.0. The molecular formula is C15H23NO. The number of hydrogen-bond donors (Lipinski definition) is 1. The van der Waals surface area contributed by atoms with Gasteiger partial charge in [-0.05, 0) is 19.4 Å². The summed E-state index contributed by atoms with van der Waals surface area (Å²) in [5.41, 5.74) is 2.65. The molecule has 1 N–H and O–H groups in total. The fourth-order valence-electron chi connectivity index (χ4n) is 2.09. The van der Waals surface area contributed by atoms with Crippen LogP contribution >= 0.6 is 0 Å². The van der Waals surface area contributed by atoms with Crippen molar-refractivity contribution in [1.29, 1.82) is 0 Å². The zero-order chi connectivity index (χ0) is 12.5. The summed E-state index contributed by atoms with van der Waals surface area (Å²) in [5.74, 6) is 0. The standard InChI is InChI=1S/C15H23NO/c1-12-5-7-13(8-6-12)9-15(4)16-10-14(2,3)11-17-15/h5-8,16H,9-11H2,1-4H3. The van der Waals surface area contributed by atoms with E-state index in [9.17, 15) is 0 Å². The van der Waals surface area contributed by atoms with E-state index in [0.717, 1.165) is 19.6 Å². The van der Waals surface area contributed by atoms with E-state index in [0.29, 0.717) is 0 Å².